The van der Waals surface area contributed by atoms with E-state index in [1.54, 1.807) is 0 Å². The number of hydrogen-bond acceptors (Lipinski definition) is 1. The monoisotopic (exact) mass is 314 g/mol. The molecule has 1 N–H and O–H groups in total. The molecule has 2 aromatic carbocycles. The summed E-state index contributed by atoms with van der Waals surface area (Å²) in [6, 6.07) is 21.6. The van der Waals surface area contributed by atoms with E-state index in [-0.39, 0.29) is 11.9 Å². The topological polar surface area (TPSA) is 36.1 Å². The lowest BCUT2D eigenvalue weighted by Crippen LogP contribution is -2.33. The summed E-state index contributed by atoms with van der Waals surface area (Å²) < 4.78 is 0. The van der Waals surface area contributed by atoms with Gasteiger partial charge in [-0.15, -0.1) is 0 Å². The van der Waals surface area contributed by atoms with Crippen molar-refractivity contribution < 1.29 is 4.79 Å². The number of fused-ring (bicyclic) bond motifs is 1. The minimum atomic E-state index is -0.146. The molecule has 24 heavy (non-hydrogen) atoms. The van der Waals surface area contributed by atoms with Gasteiger partial charge in [0.2, 0.25) is 0 Å². The van der Waals surface area contributed by atoms with Crippen molar-refractivity contribution in [2.24, 2.45) is 0 Å². The van der Waals surface area contributed by atoms with Crippen LogP contribution in [-0.2, 0) is 0 Å². The number of H-pyrrole nitrogens is 1. The third kappa shape index (κ3) is 2.44. The average Bonchev–Trinajstić information content (AvgIpc) is 3.07. The molecule has 1 aliphatic rings. The van der Waals surface area contributed by atoms with Gasteiger partial charge in [-0.2, -0.15) is 0 Å². The van der Waals surface area contributed by atoms with Crippen molar-refractivity contribution in [2.45, 2.75) is 13.0 Å². The Morgan fingerprint density at radius 3 is 2.46 bits per heavy atom. The van der Waals surface area contributed by atoms with Gasteiger partial charge in [0, 0.05) is 23.2 Å². The molecular weight excluding hydrogens is 296 g/mol. The number of nitrogens with one attached hydrogen (secondary N) is 1. The van der Waals surface area contributed by atoms with E-state index in [0.717, 1.165) is 22.5 Å². The third-order valence-electron chi connectivity index (χ3n) is 4.39. The normalized spacial score (nSPS) is 16.0. The number of benzene rings is 2. The molecule has 1 atom stereocenters. The van der Waals surface area contributed by atoms with Gasteiger partial charge < -0.3 is 9.88 Å². The van der Waals surface area contributed by atoms with Crippen LogP contribution in [-0.4, -0.2) is 15.8 Å². The number of aromatic nitrogens is 1. The van der Waals surface area contributed by atoms with Crippen LogP contribution >= 0.6 is 0 Å². The van der Waals surface area contributed by atoms with Gasteiger partial charge in [0.15, 0.2) is 0 Å². The van der Waals surface area contributed by atoms with Gasteiger partial charge in [0.25, 0.3) is 5.91 Å². The molecule has 0 saturated carbocycles. The number of amides is 1. The highest BCUT2D eigenvalue weighted by Crippen LogP contribution is 2.36. The van der Waals surface area contributed by atoms with Crippen molar-refractivity contribution in [1.82, 2.24) is 9.88 Å². The van der Waals surface area contributed by atoms with Crippen LogP contribution in [0.1, 0.15) is 38.9 Å². The van der Waals surface area contributed by atoms with Gasteiger partial charge >= 0.3 is 0 Å². The Morgan fingerprint density at radius 1 is 0.958 bits per heavy atom. The predicted octanol–water partition coefficient (Wildman–Crippen LogP) is 4.54. The zero-order chi connectivity index (χ0) is 16.5. The lowest BCUT2D eigenvalue weighted by atomic mass is 9.93. The van der Waals surface area contributed by atoms with Gasteiger partial charge in [-0.3, -0.25) is 4.79 Å². The first kappa shape index (κ1) is 14.5. The fraction of sp³-hybridized carbons (Fsp3) is 0.0952. The lowest BCUT2D eigenvalue weighted by molar-refractivity contribution is 0.0785. The maximum atomic E-state index is 13.1. The summed E-state index contributed by atoms with van der Waals surface area (Å²) in [7, 11) is 0. The molecule has 0 fully saturated rings. The molecule has 1 aliphatic heterocycles. The molecule has 118 valence electrons. The van der Waals surface area contributed by atoms with Crippen molar-refractivity contribution in [2.75, 3.05) is 0 Å². The van der Waals surface area contributed by atoms with Gasteiger partial charge in [-0.1, -0.05) is 42.5 Å². The summed E-state index contributed by atoms with van der Waals surface area (Å²) in [5.41, 5.74) is 5.07. The maximum Gasteiger partial charge on any atom is 0.258 e. The molecule has 0 spiro atoms. The van der Waals surface area contributed by atoms with E-state index in [9.17, 15) is 4.79 Å². The second-order valence-electron chi connectivity index (χ2n) is 6.02. The van der Waals surface area contributed by atoms with Gasteiger partial charge in [-0.05, 0) is 48.4 Å². The minimum absolute atomic E-state index is 0.00129. The number of nitrogens with zero attached hydrogens (tertiary/aromatic N) is 1. The van der Waals surface area contributed by atoms with Crippen LogP contribution in [0.5, 0.6) is 0 Å². The summed E-state index contributed by atoms with van der Waals surface area (Å²) in [6.07, 6.45) is 3.89. The summed E-state index contributed by atoms with van der Waals surface area (Å²) in [4.78, 5) is 18.3. The Balaban J connectivity index is 1.82. The molecule has 1 amide bonds. The Labute approximate surface area is 141 Å². The zero-order valence-corrected chi connectivity index (χ0v) is 13.4. The number of rotatable bonds is 2. The number of hydrogen-bond donors (Lipinski definition) is 1. The van der Waals surface area contributed by atoms with Crippen LogP contribution in [0.2, 0.25) is 0 Å². The van der Waals surface area contributed by atoms with Crippen LogP contribution < -0.4 is 0 Å². The SMILES string of the molecule is Cc1ccc(C2c3ccccc3C=CN2C(=O)c2ccccc2)[nH]1. The molecule has 3 heteroatoms. The Morgan fingerprint density at radius 2 is 1.71 bits per heavy atom. The second-order valence-corrected chi connectivity index (χ2v) is 6.02. The first-order valence-corrected chi connectivity index (χ1v) is 8.04. The summed E-state index contributed by atoms with van der Waals surface area (Å²) in [6.45, 7) is 2.03. The van der Waals surface area contributed by atoms with Crippen molar-refractivity contribution in [3.8, 4) is 0 Å². The predicted molar refractivity (Wildman–Crippen MR) is 95.5 cm³/mol. The fourth-order valence-corrected chi connectivity index (χ4v) is 3.23. The maximum absolute atomic E-state index is 13.1. The van der Waals surface area contributed by atoms with E-state index in [4.69, 9.17) is 0 Å². The van der Waals surface area contributed by atoms with Crippen LogP contribution in [0.4, 0.5) is 0 Å². The molecule has 0 bridgehead atoms. The molecule has 0 aliphatic carbocycles. The summed E-state index contributed by atoms with van der Waals surface area (Å²) in [5.74, 6) is -0.00129. The van der Waals surface area contributed by atoms with Gasteiger partial charge in [0.1, 0.15) is 6.04 Å². The van der Waals surface area contributed by atoms with Crippen molar-refractivity contribution in [1.29, 1.82) is 0 Å². The Bertz CT molecular complexity index is 908. The molecular formula is C21H18N2O. The second kappa shape index (κ2) is 5.85. The minimum Gasteiger partial charge on any atom is -0.360 e. The van der Waals surface area contributed by atoms with Crippen LogP contribution in [0.25, 0.3) is 6.08 Å². The van der Waals surface area contributed by atoms with Crippen molar-refractivity contribution in [3.05, 3.63) is 101 Å². The number of carbonyl (C=O) groups excluding carboxylic acids is 1. The lowest BCUT2D eigenvalue weighted by Gasteiger charge is -2.33. The standard InChI is InChI=1S/C21H18N2O/c1-15-11-12-19(22-15)20-18-10-6-5-7-16(18)13-14-23(20)21(24)17-8-3-2-4-9-17/h2-14,20,22H,1H3. The number of carbonyl (C=O) groups is 1. The highest BCUT2D eigenvalue weighted by atomic mass is 16.2. The van der Waals surface area contributed by atoms with E-state index >= 15 is 0 Å². The third-order valence-corrected chi connectivity index (χ3v) is 4.39. The molecule has 0 saturated heterocycles. The zero-order valence-electron chi connectivity index (χ0n) is 13.4. The van der Waals surface area contributed by atoms with Gasteiger partial charge in [-0.25, -0.2) is 0 Å². The van der Waals surface area contributed by atoms with E-state index in [0.29, 0.717) is 5.56 Å². The van der Waals surface area contributed by atoms with Crippen LogP contribution in [0.3, 0.4) is 0 Å². The van der Waals surface area contributed by atoms with E-state index < -0.39 is 0 Å². The Hall–Kier alpha value is -3.07. The molecule has 1 aromatic heterocycles. The highest BCUT2D eigenvalue weighted by Gasteiger charge is 2.30. The van der Waals surface area contributed by atoms with Gasteiger partial charge in [0.05, 0.1) is 0 Å². The van der Waals surface area contributed by atoms with Crippen molar-refractivity contribution in [3.63, 3.8) is 0 Å². The van der Waals surface area contributed by atoms with E-state index in [1.165, 1.54) is 0 Å². The molecule has 0 radical (unpaired) electrons. The average molecular weight is 314 g/mol. The number of aromatic amines is 1. The van der Waals surface area contributed by atoms with Crippen LogP contribution in [0, 0.1) is 6.92 Å². The fourth-order valence-electron chi connectivity index (χ4n) is 3.23. The Kier molecular flexibility index (Phi) is 3.54. The quantitative estimate of drug-likeness (QED) is 0.740. The van der Waals surface area contributed by atoms with Crippen molar-refractivity contribution >= 4 is 12.0 Å². The molecule has 1 unspecified atom stereocenters. The largest absolute Gasteiger partial charge is 0.360 e. The smallest absolute Gasteiger partial charge is 0.258 e. The highest BCUT2D eigenvalue weighted by molar-refractivity contribution is 5.96. The molecule has 2 heterocycles. The number of aryl methyl sites for hydroxylation is 1. The summed E-state index contributed by atoms with van der Waals surface area (Å²) in [5, 5.41) is 0. The first-order valence-electron chi connectivity index (χ1n) is 8.04. The first-order chi connectivity index (χ1) is 11.7. The van der Waals surface area contributed by atoms with E-state index in [2.05, 4.69) is 23.2 Å². The molecule has 3 nitrogen and oxygen atoms in total. The van der Waals surface area contributed by atoms with E-state index in [1.807, 2.05) is 72.6 Å². The summed E-state index contributed by atoms with van der Waals surface area (Å²) >= 11 is 0. The molecule has 4 rings (SSSR count). The molecule has 3 aromatic rings. The van der Waals surface area contributed by atoms with Crippen LogP contribution in [0.15, 0.2) is 72.9 Å².